The molecule has 6 heteroatoms. The zero-order chi connectivity index (χ0) is 14.5. The van der Waals surface area contributed by atoms with Crippen LogP contribution in [-0.4, -0.2) is 61.5 Å². The number of methoxy groups -OCH3 is 1. The van der Waals surface area contributed by atoms with Crippen LogP contribution in [0.5, 0.6) is 0 Å². The lowest BCUT2D eigenvalue weighted by atomic mass is 10.2. The van der Waals surface area contributed by atoms with E-state index in [9.17, 15) is 9.59 Å². The Balaban J connectivity index is 1.92. The number of halogens is 1. The molecular formula is C14H17BrN2O3. The molecule has 1 saturated heterocycles. The van der Waals surface area contributed by atoms with E-state index in [1.165, 1.54) is 7.11 Å². The monoisotopic (exact) mass is 340 g/mol. The van der Waals surface area contributed by atoms with Crippen molar-refractivity contribution < 1.29 is 14.3 Å². The molecular weight excluding hydrogens is 324 g/mol. The molecule has 1 aromatic rings. The van der Waals surface area contributed by atoms with Crippen molar-refractivity contribution in [3.8, 4) is 0 Å². The van der Waals surface area contributed by atoms with Crippen molar-refractivity contribution in [3.63, 3.8) is 0 Å². The number of piperazine rings is 1. The first kappa shape index (κ1) is 15.0. The third-order valence-corrected chi connectivity index (χ3v) is 3.81. The summed E-state index contributed by atoms with van der Waals surface area (Å²) >= 11 is 3.35. The summed E-state index contributed by atoms with van der Waals surface area (Å²) in [6.45, 7) is 2.34. The number of hydrogen-bond acceptors (Lipinski definition) is 3. The lowest BCUT2D eigenvalue weighted by Crippen LogP contribution is -2.51. The molecule has 0 saturated carbocycles. The van der Waals surface area contributed by atoms with Gasteiger partial charge >= 0.3 is 0 Å². The maximum absolute atomic E-state index is 12.3. The van der Waals surface area contributed by atoms with Crippen molar-refractivity contribution >= 4 is 27.7 Å². The Bertz CT molecular complexity index is 482. The average molecular weight is 341 g/mol. The molecule has 1 heterocycles. The number of benzene rings is 1. The molecule has 0 atom stereocenters. The molecule has 0 unspecified atom stereocenters. The average Bonchev–Trinajstić information content (AvgIpc) is 2.48. The first-order valence-electron chi connectivity index (χ1n) is 6.43. The summed E-state index contributed by atoms with van der Waals surface area (Å²) in [4.78, 5) is 27.5. The number of rotatable bonds is 3. The summed E-state index contributed by atoms with van der Waals surface area (Å²) in [6.07, 6.45) is 0. The van der Waals surface area contributed by atoms with Crippen LogP contribution in [0.15, 0.2) is 28.7 Å². The van der Waals surface area contributed by atoms with Gasteiger partial charge in [0, 0.05) is 43.3 Å². The smallest absolute Gasteiger partial charge is 0.253 e. The minimum absolute atomic E-state index is 0.0105. The van der Waals surface area contributed by atoms with Gasteiger partial charge in [-0.1, -0.05) is 15.9 Å². The van der Waals surface area contributed by atoms with Gasteiger partial charge in [0.05, 0.1) is 0 Å². The van der Waals surface area contributed by atoms with E-state index in [-0.39, 0.29) is 18.4 Å². The quantitative estimate of drug-likeness (QED) is 0.835. The van der Waals surface area contributed by atoms with Crippen LogP contribution in [0.3, 0.4) is 0 Å². The van der Waals surface area contributed by atoms with Gasteiger partial charge in [0.1, 0.15) is 6.61 Å². The SMILES string of the molecule is COCC(=O)N1CCN(C(=O)c2ccc(Br)cc2)CC1. The zero-order valence-electron chi connectivity index (χ0n) is 11.3. The van der Waals surface area contributed by atoms with Crippen LogP contribution in [0, 0.1) is 0 Å². The van der Waals surface area contributed by atoms with Crippen molar-refractivity contribution in [3.05, 3.63) is 34.3 Å². The first-order valence-corrected chi connectivity index (χ1v) is 7.22. The van der Waals surface area contributed by atoms with E-state index in [2.05, 4.69) is 15.9 Å². The van der Waals surface area contributed by atoms with Crippen molar-refractivity contribution in [1.29, 1.82) is 0 Å². The van der Waals surface area contributed by atoms with Gasteiger partial charge in [-0.25, -0.2) is 0 Å². The molecule has 0 N–H and O–H groups in total. The Morgan fingerprint density at radius 1 is 1.10 bits per heavy atom. The zero-order valence-corrected chi connectivity index (χ0v) is 12.9. The van der Waals surface area contributed by atoms with Crippen molar-refractivity contribution in [2.24, 2.45) is 0 Å². The third-order valence-electron chi connectivity index (χ3n) is 3.28. The fourth-order valence-corrected chi connectivity index (χ4v) is 2.41. The van der Waals surface area contributed by atoms with E-state index < -0.39 is 0 Å². The van der Waals surface area contributed by atoms with Gasteiger partial charge in [0.15, 0.2) is 0 Å². The molecule has 0 bridgehead atoms. The van der Waals surface area contributed by atoms with E-state index in [1.807, 2.05) is 12.1 Å². The number of amides is 2. The van der Waals surface area contributed by atoms with E-state index in [4.69, 9.17) is 4.74 Å². The Hall–Kier alpha value is -1.40. The third kappa shape index (κ3) is 3.58. The highest BCUT2D eigenvalue weighted by molar-refractivity contribution is 9.10. The molecule has 0 radical (unpaired) electrons. The number of carbonyl (C=O) groups is 2. The topological polar surface area (TPSA) is 49.9 Å². The lowest BCUT2D eigenvalue weighted by molar-refractivity contribution is -0.136. The molecule has 20 heavy (non-hydrogen) atoms. The summed E-state index contributed by atoms with van der Waals surface area (Å²) < 4.78 is 5.78. The number of hydrogen-bond donors (Lipinski definition) is 0. The molecule has 5 nitrogen and oxygen atoms in total. The number of nitrogens with zero attached hydrogens (tertiary/aromatic N) is 2. The number of carbonyl (C=O) groups excluding carboxylic acids is 2. The van der Waals surface area contributed by atoms with E-state index in [1.54, 1.807) is 21.9 Å². The van der Waals surface area contributed by atoms with Crippen molar-refractivity contribution in [1.82, 2.24) is 9.80 Å². The fraction of sp³-hybridized carbons (Fsp3) is 0.429. The van der Waals surface area contributed by atoms with Crippen molar-refractivity contribution in [2.75, 3.05) is 39.9 Å². The molecule has 0 aromatic heterocycles. The molecule has 1 aromatic carbocycles. The van der Waals surface area contributed by atoms with E-state index >= 15 is 0 Å². The standard InChI is InChI=1S/C14H17BrN2O3/c1-20-10-13(18)16-6-8-17(9-7-16)14(19)11-2-4-12(15)5-3-11/h2-5H,6-10H2,1H3. The highest BCUT2D eigenvalue weighted by atomic mass is 79.9. The first-order chi connectivity index (χ1) is 9.61. The second-order valence-corrected chi connectivity index (χ2v) is 5.53. The maximum atomic E-state index is 12.3. The summed E-state index contributed by atoms with van der Waals surface area (Å²) in [5.74, 6) is -0.0143. The van der Waals surface area contributed by atoms with Gasteiger partial charge in [-0.3, -0.25) is 9.59 Å². The van der Waals surface area contributed by atoms with Crippen LogP contribution in [-0.2, 0) is 9.53 Å². The molecule has 0 aliphatic carbocycles. The van der Waals surface area contributed by atoms with Crippen LogP contribution in [0.4, 0.5) is 0 Å². The highest BCUT2D eigenvalue weighted by Gasteiger charge is 2.24. The predicted octanol–water partition coefficient (Wildman–Crippen LogP) is 1.38. The van der Waals surface area contributed by atoms with Crippen LogP contribution >= 0.6 is 15.9 Å². The minimum atomic E-state index is -0.0248. The van der Waals surface area contributed by atoms with Crippen LogP contribution in [0.2, 0.25) is 0 Å². The molecule has 1 aliphatic heterocycles. The molecule has 2 amide bonds. The summed E-state index contributed by atoms with van der Waals surface area (Å²) in [6, 6.07) is 7.31. The van der Waals surface area contributed by atoms with Gasteiger partial charge in [-0.05, 0) is 24.3 Å². The fourth-order valence-electron chi connectivity index (χ4n) is 2.15. The van der Waals surface area contributed by atoms with Gasteiger partial charge in [-0.2, -0.15) is 0 Å². The molecule has 1 aliphatic rings. The second kappa shape index (κ2) is 6.85. The Kier molecular flexibility index (Phi) is 5.14. The second-order valence-electron chi connectivity index (χ2n) is 4.61. The van der Waals surface area contributed by atoms with Crippen molar-refractivity contribution in [2.45, 2.75) is 0 Å². The normalized spacial score (nSPS) is 15.3. The van der Waals surface area contributed by atoms with Gasteiger partial charge < -0.3 is 14.5 Å². The Morgan fingerprint density at radius 3 is 2.20 bits per heavy atom. The predicted molar refractivity (Wildman–Crippen MR) is 78.5 cm³/mol. The van der Waals surface area contributed by atoms with Gasteiger partial charge in [0.2, 0.25) is 5.91 Å². The molecule has 0 spiro atoms. The lowest BCUT2D eigenvalue weighted by Gasteiger charge is -2.34. The summed E-state index contributed by atoms with van der Waals surface area (Å²) in [5, 5.41) is 0. The molecule has 1 fully saturated rings. The van der Waals surface area contributed by atoms with Gasteiger partial charge in [0.25, 0.3) is 5.91 Å². The van der Waals surface area contributed by atoms with E-state index in [0.717, 1.165) is 4.47 Å². The van der Waals surface area contributed by atoms with Crippen LogP contribution in [0.25, 0.3) is 0 Å². The van der Waals surface area contributed by atoms with Crippen LogP contribution in [0.1, 0.15) is 10.4 Å². The summed E-state index contributed by atoms with van der Waals surface area (Å²) in [5.41, 5.74) is 0.671. The largest absolute Gasteiger partial charge is 0.375 e. The Morgan fingerprint density at radius 2 is 1.65 bits per heavy atom. The van der Waals surface area contributed by atoms with Gasteiger partial charge in [-0.15, -0.1) is 0 Å². The highest BCUT2D eigenvalue weighted by Crippen LogP contribution is 2.13. The Labute approximate surface area is 126 Å². The van der Waals surface area contributed by atoms with E-state index in [0.29, 0.717) is 31.7 Å². The minimum Gasteiger partial charge on any atom is -0.375 e. The summed E-state index contributed by atoms with van der Waals surface area (Å²) in [7, 11) is 1.51. The molecule has 2 rings (SSSR count). The molecule has 108 valence electrons. The maximum Gasteiger partial charge on any atom is 0.253 e. The van der Waals surface area contributed by atoms with Crippen LogP contribution < -0.4 is 0 Å². The number of ether oxygens (including phenoxy) is 1.